The standard InChI is InChI=1S/C17H20N6O/c1-11-20-16(22-21-11)9-19-17(24)23(14-3-4-14)10-12-2-5-15-13(8-12)6-7-18-15/h2,5-8,14,18H,3-4,9-10H2,1H3,(H,19,24)(H,20,21,22). The predicted octanol–water partition coefficient (Wildman–Crippen LogP) is 2.47. The van der Waals surface area contributed by atoms with Crippen molar-refractivity contribution in [2.45, 2.75) is 38.9 Å². The molecule has 124 valence electrons. The van der Waals surface area contributed by atoms with E-state index in [2.05, 4.69) is 43.7 Å². The van der Waals surface area contributed by atoms with Crippen LogP contribution in [0.2, 0.25) is 0 Å². The molecule has 0 unspecified atom stereocenters. The monoisotopic (exact) mass is 324 g/mol. The lowest BCUT2D eigenvalue weighted by Gasteiger charge is -2.22. The van der Waals surface area contributed by atoms with Crippen molar-refractivity contribution in [3.63, 3.8) is 0 Å². The van der Waals surface area contributed by atoms with Gasteiger partial charge in [-0.3, -0.25) is 5.10 Å². The maximum atomic E-state index is 12.6. The molecule has 2 aromatic heterocycles. The number of H-pyrrole nitrogens is 2. The molecule has 2 amide bonds. The second-order valence-corrected chi connectivity index (χ2v) is 6.25. The van der Waals surface area contributed by atoms with Crippen LogP contribution in [0.1, 0.15) is 30.1 Å². The normalized spacial score (nSPS) is 14.0. The van der Waals surface area contributed by atoms with Gasteiger partial charge >= 0.3 is 6.03 Å². The van der Waals surface area contributed by atoms with Gasteiger partial charge in [-0.1, -0.05) is 6.07 Å². The number of hydrogen-bond donors (Lipinski definition) is 3. The molecule has 1 aliphatic carbocycles. The van der Waals surface area contributed by atoms with Crippen molar-refractivity contribution in [1.29, 1.82) is 0 Å². The summed E-state index contributed by atoms with van der Waals surface area (Å²) in [6.45, 7) is 2.79. The van der Waals surface area contributed by atoms with E-state index in [0.29, 0.717) is 25.0 Å². The maximum absolute atomic E-state index is 12.6. The molecule has 3 aromatic rings. The molecular weight excluding hydrogens is 304 g/mol. The first kappa shape index (κ1) is 14.7. The number of nitrogens with one attached hydrogen (secondary N) is 3. The van der Waals surface area contributed by atoms with Crippen LogP contribution in [-0.2, 0) is 13.1 Å². The Morgan fingerprint density at radius 1 is 1.38 bits per heavy atom. The first-order chi connectivity index (χ1) is 11.7. The summed E-state index contributed by atoms with van der Waals surface area (Å²) in [5.41, 5.74) is 2.25. The van der Waals surface area contributed by atoms with Gasteiger partial charge in [-0.2, -0.15) is 5.10 Å². The lowest BCUT2D eigenvalue weighted by Crippen LogP contribution is -2.40. The van der Waals surface area contributed by atoms with Crippen LogP contribution in [0.3, 0.4) is 0 Å². The number of nitrogens with zero attached hydrogens (tertiary/aromatic N) is 3. The predicted molar refractivity (Wildman–Crippen MR) is 90.2 cm³/mol. The fraction of sp³-hybridized carbons (Fsp3) is 0.353. The molecule has 7 nitrogen and oxygen atoms in total. The van der Waals surface area contributed by atoms with Gasteiger partial charge in [-0.05, 0) is 48.9 Å². The van der Waals surface area contributed by atoms with Crippen molar-refractivity contribution in [2.24, 2.45) is 0 Å². The molecule has 0 aliphatic heterocycles. The smallest absolute Gasteiger partial charge is 0.318 e. The van der Waals surface area contributed by atoms with Gasteiger partial charge in [0.1, 0.15) is 5.82 Å². The molecule has 1 saturated carbocycles. The molecular formula is C17H20N6O. The Hall–Kier alpha value is -2.83. The van der Waals surface area contributed by atoms with E-state index in [9.17, 15) is 4.79 Å². The molecule has 1 aliphatic rings. The Morgan fingerprint density at radius 2 is 2.25 bits per heavy atom. The quantitative estimate of drug-likeness (QED) is 0.673. The third-order valence-electron chi connectivity index (χ3n) is 4.26. The first-order valence-corrected chi connectivity index (χ1v) is 8.17. The number of amides is 2. The Labute approximate surface area is 139 Å². The van der Waals surface area contributed by atoms with Crippen LogP contribution < -0.4 is 5.32 Å². The zero-order valence-electron chi connectivity index (χ0n) is 13.5. The van der Waals surface area contributed by atoms with Crippen LogP contribution in [0.5, 0.6) is 0 Å². The lowest BCUT2D eigenvalue weighted by atomic mass is 10.1. The zero-order chi connectivity index (χ0) is 16.5. The van der Waals surface area contributed by atoms with E-state index in [0.717, 1.165) is 29.7 Å². The first-order valence-electron chi connectivity index (χ1n) is 8.17. The van der Waals surface area contributed by atoms with Gasteiger partial charge in [-0.25, -0.2) is 9.78 Å². The second kappa shape index (κ2) is 5.99. The zero-order valence-corrected chi connectivity index (χ0v) is 13.5. The minimum atomic E-state index is -0.0610. The molecule has 0 radical (unpaired) electrons. The highest BCUT2D eigenvalue weighted by atomic mass is 16.2. The molecule has 2 heterocycles. The summed E-state index contributed by atoms with van der Waals surface area (Å²) < 4.78 is 0. The maximum Gasteiger partial charge on any atom is 0.318 e. The van der Waals surface area contributed by atoms with Crippen LogP contribution in [0, 0.1) is 6.92 Å². The van der Waals surface area contributed by atoms with Crippen molar-refractivity contribution in [2.75, 3.05) is 0 Å². The van der Waals surface area contributed by atoms with Gasteiger partial charge in [0.05, 0.1) is 6.54 Å². The van der Waals surface area contributed by atoms with Crippen LogP contribution in [-0.4, -0.2) is 37.1 Å². The number of aromatic nitrogens is 4. The highest BCUT2D eigenvalue weighted by Crippen LogP contribution is 2.29. The van der Waals surface area contributed by atoms with Crippen molar-refractivity contribution < 1.29 is 4.79 Å². The summed E-state index contributed by atoms with van der Waals surface area (Å²) in [5, 5.41) is 10.9. The summed E-state index contributed by atoms with van der Waals surface area (Å²) in [6.07, 6.45) is 4.07. The van der Waals surface area contributed by atoms with E-state index in [1.54, 1.807) is 0 Å². The van der Waals surface area contributed by atoms with Gasteiger partial charge in [0, 0.05) is 24.3 Å². The number of carbonyl (C=O) groups is 1. The van der Waals surface area contributed by atoms with Crippen molar-refractivity contribution >= 4 is 16.9 Å². The van der Waals surface area contributed by atoms with E-state index in [-0.39, 0.29) is 6.03 Å². The third kappa shape index (κ3) is 3.10. The number of fused-ring (bicyclic) bond motifs is 1. The van der Waals surface area contributed by atoms with Crippen LogP contribution in [0.25, 0.3) is 10.9 Å². The molecule has 7 heteroatoms. The molecule has 0 atom stereocenters. The topological polar surface area (TPSA) is 89.7 Å². The highest BCUT2D eigenvalue weighted by molar-refractivity contribution is 5.80. The number of aryl methyl sites for hydroxylation is 1. The average molecular weight is 324 g/mol. The van der Waals surface area contributed by atoms with E-state index in [1.165, 1.54) is 5.39 Å². The minimum Gasteiger partial charge on any atom is -0.361 e. The summed E-state index contributed by atoms with van der Waals surface area (Å²) in [6, 6.07) is 8.58. The number of hydrogen-bond acceptors (Lipinski definition) is 3. The molecule has 0 saturated heterocycles. The molecule has 24 heavy (non-hydrogen) atoms. The molecule has 0 bridgehead atoms. The average Bonchev–Trinajstić information content (AvgIpc) is 3.16. The lowest BCUT2D eigenvalue weighted by molar-refractivity contribution is 0.191. The van der Waals surface area contributed by atoms with Gasteiger partial charge in [-0.15, -0.1) is 0 Å². The fourth-order valence-corrected chi connectivity index (χ4v) is 2.88. The summed E-state index contributed by atoms with van der Waals surface area (Å²) in [7, 11) is 0. The Morgan fingerprint density at radius 3 is 3.00 bits per heavy atom. The number of benzene rings is 1. The third-order valence-corrected chi connectivity index (χ3v) is 4.26. The molecule has 3 N–H and O–H groups in total. The Bertz CT molecular complexity index is 863. The number of aromatic amines is 2. The summed E-state index contributed by atoms with van der Waals surface area (Å²) >= 11 is 0. The highest BCUT2D eigenvalue weighted by Gasteiger charge is 2.32. The number of urea groups is 1. The van der Waals surface area contributed by atoms with E-state index >= 15 is 0 Å². The van der Waals surface area contributed by atoms with Crippen molar-refractivity contribution in [1.82, 2.24) is 30.4 Å². The van der Waals surface area contributed by atoms with Crippen LogP contribution in [0.15, 0.2) is 30.5 Å². The second-order valence-electron chi connectivity index (χ2n) is 6.25. The summed E-state index contributed by atoms with van der Waals surface area (Å²) in [5.74, 6) is 1.35. The van der Waals surface area contributed by atoms with Gasteiger partial charge in [0.25, 0.3) is 0 Å². The largest absolute Gasteiger partial charge is 0.361 e. The minimum absolute atomic E-state index is 0.0610. The Kier molecular flexibility index (Phi) is 3.68. The SMILES string of the molecule is Cc1nc(CNC(=O)N(Cc2ccc3[nH]ccc3c2)C2CC2)n[nH]1. The van der Waals surface area contributed by atoms with Crippen molar-refractivity contribution in [3.05, 3.63) is 47.7 Å². The van der Waals surface area contributed by atoms with E-state index in [1.807, 2.05) is 24.1 Å². The fourth-order valence-electron chi connectivity index (χ4n) is 2.88. The van der Waals surface area contributed by atoms with Crippen molar-refractivity contribution in [3.8, 4) is 0 Å². The Balaban J connectivity index is 1.44. The van der Waals surface area contributed by atoms with Crippen LogP contribution >= 0.6 is 0 Å². The summed E-state index contributed by atoms with van der Waals surface area (Å²) in [4.78, 5) is 21.9. The number of carbonyl (C=O) groups excluding carboxylic acids is 1. The number of rotatable bonds is 5. The molecule has 0 spiro atoms. The van der Waals surface area contributed by atoms with Crippen LogP contribution in [0.4, 0.5) is 4.79 Å². The van der Waals surface area contributed by atoms with E-state index in [4.69, 9.17) is 0 Å². The molecule has 4 rings (SSSR count). The molecule has 1 fully saturated rings. The van der Waals surface area contributed by atoms with Gasteiger partial charge < -0.3 is 15.2 Å². The van der Waals surface area contributed by atoms with Gasteiger partial charge in [0.15, 0.2) is 5.82 Å². The molecule has 1 aromatic carbocycles. The van der Waals surface area contributed by atoms with E-state index < -0.39 is 0 Å². The van der Waals surface area contributed by atoms with Gasteiger partial charge in [0.2, 0.25) is 0 Å².